The van der Waals surface area contributed by atoms with Crippen LogP contribution < -0.4 is 4.72 Å². The average Bonchev–Trinajstić information content (AvgIpc) is 2.50. The molecule has 0 saturated carbocycles. The van der Waals surface area contributed by atoms with Crippen LogP contribution in [0.1, 0.15) is 33.1 Å². The predicted molar refractivity (Wildman–Crippen MR) is 62.3 cm³/mol. The van der Waals surface area contributed by atoms with Crippen molar-refractivity contribution in [2.45, 2.75) is 45.2 Å². The van der Waals surface area contributed by atoms with Gasteiger partial charge < -0.3 is 0 Å². The lowest BCUT2D eigenvalue weighted by atomic mass is 10.2. The summed E-state index contributed by atoms with van der Waals surface area (Å²) in [5, 5.41) is 0. The normalized spacial score (nSPS) is 25.7. The minimum absolute atomic E-state index is 0.110. The van der Waals surface area contributed by atoms with Crippen molar-refractivity contribution in [1.82, 2.24) is 9.62 Å². The van der Waals surface area contributed by atoms with Crippen molar-refractivity contribution >= 4 is 10.0 Å². The third-order valence-electron chi connectivity index (χ3n) is 2.93. The summed E-state index contributed by atoms with van der Waals surface area (Å²) in [7, 11) is -3.05. The van der Waals surface area contributed by atoms with Gasteiger partial charge in [-0.25, -0.2) is 13.1 Å². The average molecular weight is 234 g/mol. The number of nitrogens with zero attached hydrogens (tertiary/aromatic N) is 1. The van der Waals surface area contributed by atoms with Crippen molar-refractivity contribution in [3.63, 3.8) is 0 Å². The summed E-state index contributed by atoms with van der Waals surface area (Å²) in [6.45, 7) is 6.26. The molecule has 0 amide bonds. The van der Waals surface area contributed by atoms with Gasteiger partial charge in [0.25, 0.3) is 0 Å². The molecule has 1 heterocycles. The molecule has 15 heavy (non-hydrogen) atoms. The highest BCUT2D eigenvalue weighted by molar-refractivity contribution is 7.88. The Kier molecular flexibility index (Phi) is 4.55. The molecular weight excluding hydrogens is 212 g/mol. The van der Waals surface area contributed by atoms with Gasteiger partial charge in [0, 0.05) is 25.2 Å². The van der Waals surface area contributed by atoms with E-state index in [4.69, 9.17) is 0 Å². The second kappa shape index (κ2) is 5.27. The Hall–Kier alpha value is -0.130. The van der Waals surface area contributed by atoms with Gasteiger partial charge in [0.15, 0.2) is 0 Å². The molecule has 2 atom stereocenters. The van der Waals surface area contributed by atoms with Crippen LogP contribution in [-0.4, -0.2) is 44.7 Å². The maximum Gasteiger partial charge on any atom is 0.208 e. The van der Waals surface area contributed by atoms with E-state index in [9.17, 15) is 8.42 Å². The van der Waals surface area contributed by atoms with Crippen LogP contribution in [0.4, 0.5) is 0 Å². The quantitative estimate of drug-likeness (QED) is 0.765. The molecule has 0 aromatic carbocycles. The SMILES string of the molecule is CCC[C@@H](C)N1CC[C@@H](NS(C)(=O)=O)C1. The first-order chi connectivity index (χ1) is 6.92. The van der Waals surface area contributed by atoms with Gasteiger partial charge in [-0.2, -0.15) is 0 Å². The monoisotopic (exact) mass is 234 g/mol. The molecule has 5 heteroatoms. The van der Waals surface area contributed by atoms with Crippen LogP contribution in [-0.2, 0) is 10.0 Å². The smallest absolute Gasteiger partial charge is 0.208 e. The molecular formula is C10H22N2O2S. The number of hydrogen-bond donors (Lipinski definition) is 1. The van der Waals surface area contributed by atoms with Crippen LogP contribution >= 0.6 is 0 Å². The fourth-order valence-electron chi connectivity index (χ4n) is 2.19. The first-order valence-electron chi connectivity index (χ1n) is 5.63. The van der Waals surface area contributed by atoms with Crippen LogP contribution in [0.25, 0.3) is 0 Å². The van der Waals surface area contributed by atoms with Crippen molar-refractivity contribution in [1.29, 1.82) is 0 Å². The van der Waals surface area contributed by atoms with Crippen LogP contribution in [0.2, 0.25) is 0 Å². The molecule has 1 N–H and O–H groups in total. The highest BCUT2D eigenvalue weighted by Gasteiger charge is 2.27. The van der Waals surface area contributed by atoms with Crippen molar-refractivity contribution in [3.8, 4) is 0 Å². The summed E-state index contributed by atoms with van der Waals surface area (Å²) >= 11 is 0. The molecule has 0 unspecified atom stereocenters. The highest BCUT2D eigenvalue weighted by atomic mass is 32.2. The minimum Gasteiger partial charge on any atom is -0.299 e. The van der Waals surface area contributed by atoms with Gasteiger partial charge in [-0.05, 0) is 19.8 Å². The van der Waals surface area contributed by atoms with Gasteiger partial charge >= 0.3 is 0 Å². The summed E-state index contributed by atoms with van der Waals surface area (Å²) in [6.07, 6.45) is 4.53. The van der Waals surface area contributed by atoms with Crippen LogP contribution in [0.5, 0.6) is 0 Å². The third kappa shape index (κ3) is 4.49. The molecule has 0 aliphatic carbocycles. The van der Waals surface area contributed by atoms with Crippen molar-refractivity contribution in [2.75, 3.05) is 19.3 Å². The van der Waals surface area contributed by atoms with Crippen LogP contribution in [0.15, 0.2) is 0 Å². The second-order valence-corrected chi connectivity index (χ2v) is 6.29. The minimum atomic E-state index is -3.05. The maximum absolute atomic E-state index is 11.1. The lowest BCUT2D eigenvalue weighted by Crippen LogP contribution is -2.38. The zero-order valence-electron chi connectivity index (χ0n) is 9.86. The van der Waals surface area contributed by atoms with Gasteiger partial charge in [-0.1, -0.05) is 13.3 Å². The number of hydrogen-bond acceptors (Lipinski definition) is 3. The largest absolute Gasteiger partial charge is 0.299 e. The molecule has 0 radical (unpaired) electrons. The molecule has 90 valence electrons. The van der Waals surface area contributed by atoms with E-state index in [-0.39, 0.29) is 6.04 Å². The molecule has 0 aromatic heterocycles. The summed E-state index contributed by atoms with van der Waals surface area (Å²) in [6, 6.07) is 0.681. The Morgan fingerprint density at radius 2 is 2.20 bits per heavy atom. The van der Waals surface area contributed by atoms with E-state index in [1.807, 2.05) is 0 Å². The van der Waals surface area contributed by atoms with E-state index in [1.165, 1.54) is 19.1 Å². The first kappa shape index (κ1) is 12.9. The summed E-state index contributed by atoms with van der Waals surface area (Å²) in [5.41, 5.74) is 0. The van der Waals surface area contributed by atoms with E-state index in [0.717, 1.165) is 19.5 Å². The van der Waals surface area contributed by atoms with Crippen molar-refractivity contribution in [2.24, 2.45) is 0 Å². The number of sulfonamides is 1. The fourth-order valence-corrected chi connectivity index (χ4v) is 2.98. The number of nitrogens with one attached hydrogen (secondary N) is 1. The third-order valence-corrected chi connectivity index (χ3v) is 3.69. The van der Waals surface area contributed by atoms with E-state index in [1.54, 1.807) is 0 Å². The van der Waals surface area contributed by atoms with Crippen molar-refractivity contribution < 1.29 is 8.42 Å². The maximum atomic E-state index is 11.1. The molecule has 1 saturated heterocycles. The topological polar surface area (TPSA) is 49.4 Å². The summed E-state index contributed by atoms with van der Waals surface area (Å²) in [4.78, 5) is 2.37. The Balaban J connectivity index is 2.39. The highest BCUT2D eigenvalue weighted by Crippen LogP contribution is 2.15. The molecule has 0 spiro atoms. The van der Waals surface area contributed by atoms with Crippen LogP contribution in [0, 0.1) is 0 Å². The van der Waals surface area contributed by atoms with Gasteiger partial charge in [0.1, 0.15) is 0 Å². The fraction of sp³-hybridized carbons (Fsp3) is 1.00. The molecule has 1 fully saturated rings. The summed E-state index contributed by atoms with van der Waals surface area (Å²) < 4.78 is 24.8. The first-order valence-corrected chi connectivity index (χ1v) is 7.53. The Morgan fingerprint density at radius 1 is 1.53 bits per heavy atom. The van der Waals surface area contributed by atoms with Gasteiger partial charge in [0.2, 0.25) is 10.0 Å². The zero-order valence-corrected chi connectivity index (χ0v) is 10.7. The predicted octanol–water partition coefficient (Wildman–Crippen LogP) is 0.798. The van der Waals surface area contributed by atoms with Crippen LogP contribution in [0.3, 0.4) is 0 Å². The lowest BCUT2D eigenvalue weighted by Gasteiger charge is -2.23. The van der Waals surface area contributed by atoms with E-state index in [0.29, 0.717) is 6.04 Å². The molecule has 1 aliphatic heterocycles. The Morgan fingerprint density at radius 3 is 2.73 bits per heavy atom. The van der Waals surface area contributed by atoms with E-state index >= 15 is 0 Å². The molecule has 0 aromatic rings. The zero-order chi connectivity index (χ0) is 11.5. The molecule has 0 bridgehead atoms. The Bertz CT molecular complexity index is 290. The van der Waals surface area contributed by atoms with E-state index in [2.05, 4.69) is 23.5 Å². The molecule has 1 rings (SSSR count). The van der Waals surface area contributed by atoms with Crippen molar-refractivity contribution in [3.05, 3.63) is 0 Å². The number of likely N-dealkylation sites (tertiary alicyclic amines) is 1. The van der Waals surface area contributed by atoms with Gasteiger partial charge in [0.05, 0.1) is 6.26 Å². The second-order valence-electron chi connectivity index (χ2n) is 4.51. The Labute approximate surface area is 93.1 Å². The molecule has 4 nitrogen and oxygen atoms in total. The summed E-state index contributed by atoms with van der Waals surface area (Å²) in [5.74, 6) is 0. The van der Waals surface area contributed by atoms with Gasteiger partial charge in [-0.3, -0.25) is 4.90 Å². The number of rotatable bonds is 5. The van der Waals surface area contributed by atoms with E-state index < -0.39 is 10.0 Å². The molecule has 1 aliphatic rings. The lowest BCUT2D eigenvalue weighted by molar-refractivity contribution is 0.242. The standard InChI is InChI=1S/C10H22N2O2S/c1-4-5-9(2)12-7-6-10(8-12)11-15(3,13)14/h9-11H,4-8H2,1-3H3/t9-,10-/m1/s1. The van der Waals surface area contributed by atoms with Gasteiger partial charge in [-0.15, -0.1) is 0 Å².